The molecule has 1 heterocycles. The summed E-state index contributed by atoms with van der Waals surface area (Å²) >= 11 is 0. The van der Waals surface area contributed by atoms with Crippen LogP contribution in [0.25, 0.3) is 0 Å². The second-order valence-electron chi connectivity index (χ2n) is 6.56. The molecule has 1 aliphatic rings. The molecule has 0 unspecified atom stereocenters. The highest BCUT2D eigenvalue weighted by atomic mass is 16.5. The van der Waals surface area contributed by atoms with E-state index in [2.05, 4.69) is 20.5 Å². The van der Waals surface area contributed by atoms with E-state index < -0.39 is 5.91 Å². The number of aromatic nitrogens is 2. The third-order valence-corrected chi connectivity index (χ3v) is 4.58. The van der Waals surface area contributed by atoms with Crippen LogP contribution in [0.2, 0.25) is 0 Å². The fourth-order valence-electron chi connectivity index (χ4n) is 3.09. The quantitative estimate of drug-likeness (QED) is 0.634. The molecule has 2 aromatic rings. The van der Waals surface area contributed by atoms with Crippen LogP contribution in [0, 0.1) is 10.8 Å². The molecule has 0 radical (unpaired) electrons. The maximum absolute atomic E-state index is 11.1. The molecule has 1 amide bonds. The molecule has 0 saturated heterocycles. The summed E-state index contributed by atoms with van der Waals surface area (Å²) in [5, 5.41) is 5.87. The molecule has 1 saturated carbocycles. The zero-order chi connectivity index (χ0) is 19.2. The van der Waals surface area contributed by atoms with E-state index in [1.165, 1.54) is 19.3 Å². The average molecular weight is 370 g/mol. The molecule has 9 heteroatoms. The largest absolute Gasteiger partial charge is 0.476 e. The fourth-order valence-corrected chi connectivity index (χ4v) is 3.09. The number of carbonyl (C=O) groups is 1. The second-order valence-corrected chi connectivity index (χ2v) is 6.56. The Kier molecular flexibility index (Phi) is 5.80. The van der Waals surface area contributed by atoms with Gasteiger partial charge in [0.25, 0.3) is 5.88 Å². The van der Waals surface area contributed by atoms with Crippen molar-refractivity contribution < 1.29 is 9.53 Å². The van der Waals surface area contributed by atoms with Crippen LogP contribution in [0.1, 0.15) is 42.5 Å². The summed E-state index contributed by atoms with van der Waals surface area (Å²) in [5.41, 5.74) is 12.0. The topological polar surface area (TPSA) is 146 Å². The first-order valence-electron chi connectivity index (χ1n) is 8.87. The van der Waals surface area contributed by atoms with E-state index in [1.807, 2.05) is 0 Å². The number of benzene rings is 1. The molecule has 1 fully saturated rings. The van der Waals surface area contributed by atoms with Crippen molar-refractivity contribution in [2.75, 3.05) is 17.7 Å². The number of nitrogens with two attached hydrogens (primary N) is 2. The highest BCUT2D eigenvalue weighted by Gasteiger charge is 2.19. The van der Waals surface area contributed by atoms with Crippen molar-refractivity contribution in [2.45, 2.75) is 32.1 Å². The molecule has 1 aromatic heterocycles. The van der Waals surface area contributed by atoms with Gasteiger partial charge in [-0.25, -0.2) is 0 Å². The molecule has 0 atom stereocenters. The molecule has 1 aliphatic carbocycles. The SMILES string of the molecule is NC(=O)c1ccc(Nc2nc(N)c(N=O)c(OCC3CCCCC3)n2)cc1. The van der Waals surface area contributed by atoms with Crippen LogP contribution >= 0.6 is 0 Å². The summed E-state index contributed by atoms with van der Waals surface area (Å²) in [6, 6.07) is 6.48. The van der Waals surface area contributed by atoms with E-state index in [9.17, 15) is 9.70 Å². The Balaban J connectivity index is 1.76. The van der Waals surface area contributed by atoms with Crippen LogP contribution in [-0.2, 0) is 0 Å². The van der Waals surface area contributed by atoms with Crippen LogP contribution in [0.4, 0.5) is 23.1 Å². The number of ether oxygens (including phenoxy) is 1. The highest BCUT2D eigenvalue weighted by Crippen LogP contribution is 2.33. The number of nitrogens with one attached hydrogen (secondary N) is 1. The lowest BCUT2D eigenvalue weighted by atomic mass is 9.90. The zero-order valence-electron chi connectivity index (χ0n) is 14.9. The van der Waals surface area contributed by atoms with Gasteiger partial charge in [-0.1, -0.05) is 19.3 Å². The predicted molar refractivity (Wildman–Crippen MR) is 102 cm³/mol. The molecular weight excluding hydrogens is 348 g/mol. The van der Waals surface area contributed by atoms with Gasteiger partial charge in [0.15, 0.2) is 5.82 Å². The molecule has 3 rings (SSSR count). The van der Waals surface area contributed by atoms with E-state index in [0.717, 1.165) is 12.8 Å². The molecule has 0 aliphatic heterocycles. The number of rotatable bonds is 7. The Morgan fingerprint density at radius 2 is 1.89 bits per heavy atom. The normalized spacial score (nSPS) is 14.5. The van der Waals surface area contributed by atoms with Gasteiger partial charge in [0.2, 0.25) is 17.5 Å². The third-order valence-electron chi connectivity index (χ3n) is 4.58. The third kappa shape index (κ3) is 4.69. The van der Waals surface area contributed by atoms with E-state index >= 15 is 0 Å². The standard InChI is InChI=1S/C18H22N6O3/c19-15-14(24-26)17(27-10-11-4-2-1-3-5-11)23-18(22-15)21-13-8-6-12(7-9-13)16(20)25/h6-9,11H,1-5,10H2,(H2,20,25)(H3,19,21,22,23). The van der Waals surface area contributed by atoms with E-state index in [1.54, 1.807) is 24.3 Å². The molecule has 1 aromatic carbocycles. The maximum atomic E-state index is 11.1. The van der Waals surface area contributed by atoms with Crippen molar-refractivity contribution in [3.8, 4) is 5.88 Å². The number of amides is 1. The Morgan fingerprint density at radius 1 is 1.19 bits per heavy atom. The molecule has 9 nitrogen and oxygen atoms in total. The van der Waals surface area contributed by atoms with Crippen LogP contribution in [-0.4, -0.2) is 22.5 Å². The van der Waals surface area contributed by atoms with Crippen LogP contribution in [0.3, 0.4) is 0 Å². The zero-order valence-corrected chi connectivity index (χ0v) is 14.9. The average Bonchev–Trinajstić information content (AvgIpc) is 2.67. The Hall–Kier alpha value is -3.23. The Morgan fingerprint density at radius 3 is 2.52 bits per heavy atom. The molecule has 27 heavy (non-hydrogen) atoms. The smallest absolute Gasteiger partial charge is 0.250 e. The highest BCUT2D eigenvalue weighted by molar-refractivity contribution is 5.93. The number of hydrogen-bond acceptors (Lipinski definition) is 8. The monoisotopic (exact) mass is 370 g/mol. The van der Waals surface area contributed by atoms with Crippen molar-refractivity contribution in [1.82, 2.24) is 9.97 Å². The van der Waals surface area contributed by atoms with Crippen molar-refractivity contribution in [3.63, 3.8) is 0 Å². The van der Waals surface area contributed by atoms with E-state index in [4.69, 9.17) is 16.2 Å². The van der Waals surface area contributed by atoms with Gasteiger partial charge in [-0.15, -0.1) is 4.91 Å². The first kappa shape index (κ1) is 18.6. The minimum Gasteiger partial charge on any atom is -0.476 e. The number of anilines is 3. The van der Waals surface area contributed by atoms with Crippen molar-refractivity contribution in [2.24, 2.45) is 16.8 Å². The number of nitrogen functional groups attached to an aromatic ring is 1. The van der Waals surface area contributed by atoms with E-state index in [0.29, 0.717) is 23.8 Å². The molecule has 142 valence electrons. The lowest BCUT2D eigenvalue weighted by Gasteiger charge is -2.21. The van der Waals surface area contributed by atoms with Crippen LogP contribution in [0.5, 0.6) is 5.88 Å². The predicted octanol–water partition coefficient (Wildman–Crippen LogP) is 3.26. The first-order valence-corrected chi connectivity index (χ1v) is 8.87. The number of nitrogens with zero attached hydrogens (tertiary/aromatic N) is 3. The molecule has 5 N–H and O–H groups in total. The molecular formula is C18H22N6O3. The lowest BCUT2D eigenvalue weighted by molar-refractivity contribution is 0.100. The van der Waals surface area contributed by atoms with Gasteiger partial charge < -0.3 is 21.5 Å². The molecule has 0 spiro atoms. The summed E-state index contributed by atoms with van der Waals surface area (Å²) in [4.78, 5) is 30.5. The fraction of sp³-hybridized carbons (Fsp3) is 0.389. The number of nitroso groups, excluding NO2 is 1. The lowest BCUT2D eigenvalue weighted by Crippen LogP contribution is -2.16. The summed E-state index contributed by atoms with van der Waals surface area (Å²) in [6.07, 6.45) is 5.82. The minimum absolute atomic E-state index is 0.0603. The van der Waals surface area contributed by atoms with E-state index in [-0.39, 0.29) is 23.3 Å². The second kappa shape index (κ2) is 8.43. The number of carbonyl (C=O) groups excluding carboxylic acids is 1. The summed E-state index contributed by atoms with van der Waals surface area (Å²) in [5.74, 6) is 0.105. The van der Waals surface area contributed by atoms with Gasteiger partial charge in [0.05, 0.1) is 6.61 Å². The summed E-state index contributed by atoms with van der Waals surface area (Å²) in [7, 11) is 0. The number of primary amides is 1. The number of hydrogen-bond donors (Lipinski definition) is 3. The van der Waals surface area contributed by atoms with Gasteiger partial charge in [-0.3, -0.25) is 4.79 Å². The van der Waals surface area contributed by atoms with Gasteiger partial charge in [0.1, 0.15) is 0 Å². The maximum Gasteiger partial charge on any atom is 0.250 e. The van der Waals surface area contributed by atoms with Gasteiger partial charge in [0, 0.05) is 11.3 Å². The summed E-state index contributed by atoms with van der Waals surface area (Å²) < 4.78 is 5.75. The van der Waals surface area contributed by atoms with Crippen LogP contribution < -0.4 is 21.5 Å². The Labute approximate surface area is 156 Å². The summed E-state index contributed by atoms with van der Waals surface area (Å²) in [6.45, 7) is 0.464. The first-order chi connectivity index (χ1) is 13.1. The van der Waals surface area contributed by atoms with Crippen molar-refractivity contribution in [3.05, 3.63) is 34.7 Å². The van der Waals surface area contributed by atoms with Crippen molar-refractivity contribution >= 4 is 29.0 Å². The van der Waals surface area contributed by atoms with Gasteiger partial charge in [-0.2, -0.15) is 9.97 Å². The molecule has 0 bridgehead atoms. The Bertz CT molecular complexity index is 819. The van der Waals surface area contributed by atoms with Crippen LogP contribution in [0.15, 0.2) is 29.4 Å². The minimum atomic E-state index is -0.512. The van der Waals surface area contributed by atoms with Gasteiger partial charge >= 0.3 is 0 Å². The van der Waals surface area contributed by atoms with Gasteiger partial charge in [-0.05, 0) is 48.2 Å². The van der Waals surface area contributed by atoms with Crippen molar-refractivity contribution in [1.29, 1.82) is 0 Å².